The summed E-state index contributed by atoms with van der Waals surface area (Å²) in [6, 6.07) is 0. The van der Waals surface area contributed by atoms with Gasteiger partial charge in [0.15, 0.2) is 0 Å². The molecular weight excluding hydrogens is 415 g/mol. The number of rotatable bonds is 9. The van der Waals surface area contributed by atoms with E-state index in [0.717, 1.165) is 41.4 Å². The third kappa shape index (κ3) is 6.41. The van der Waals surface area contributed by atoms with Gasteiger partial charge in [0.1, 0.15) is 0 Å². The van der Waals surface area contributed by atoms with Crippen molar-refractivity contribution >= 4 is 55.0 Å². The molecule has 10 heteroatoms. The highest BCUT2D eigenvalue weighted by Gasteiger charge is 2.19. The van der Waals surface area contributed by atoms with E-state index in [1.165, 1.54) is 6.92 Å². The standard InChI is InChI=1S/C10H17IN4O3S2/c1-8(16)13-9-14-15-10(19-9)20(17,18)12-7-5-3-2-4-6-11/h12H,2-7H2,1H3,(H,13,14,16). The molecule has 114 valence electrons. The van der Waals surface area contributed by atoms with Gasteiger partial charge in [-0.15, -0.1) is 10.2 Å². The van der Waals surface area contributed by atoms with Crippen LogP contribution in [-0.4, -0.2) is 35.5 Å². The van der Waals surface area contributed by atoms with Crippen LogP contribution in [0.5, 0.6) is 0 Å². The van der Waals surface area contributed by atoms with Crippen molar-refractivity contribution in [1.82, 2.24) is 14.9 Å². The van der Waals surface area contributed by atoms with Crippen molar-refractivity contribution in [2.24, 2.45) is 0 Å². The quantitative estimate of drug-likeness (QED) is 0.268. The Labute approximate surface area is 136 Å². The van der Waals surface area contributed by atoms with Gasteiger partial charge in [-0.1, -0.05) is 46.8 Å². The number of amides is 1. The third-order valence-electron chi connectivity index (χ3n) is 2.27. The SMILES string of the molecule is CC(=O)Nc1nnc(S(=O)(=O)NCCCCCCI)s1. The van der Waals surface area contributed by atoms with Gasteiger partial charge in [-0.25, -0.2) is 13.1 Å². The van der Waals surface area contributed by atoms with Crippen LogP contribution in [0.4, 0.5) is 5.13 Å². The second kappa shape index (κ2) is 8.85. The van der Waals surface area contributed by atoms with E-state index in [9.17, 15) is 13.2 Å². The number of nitrogens with one attached hydrogen (secondary N) is 2. The lowest BCUT2D eigenvalue weighted by Crippen LogP contribution is -2.24. The average Bonchev–Trinajstić information content (AvgIpc) is 2.82. The zero-order valence-corrected chi connectivity index (χ0v) is 14.8. The lowest BCUT2D eigenvalue weighted by Gasteiger charge is -2.03. The molecule has 0 aromatic carbocycles. The molecule has 7 nitrogen and oxygen atoms in total. The van der Waals surface area contributed by atoms with Gasteiger partial charge in [-0.2, -0.15) is 0 Å². The Bertz CT molecular complexity index is 532. The smallest absolute Gasteiger partial charge is 0.269 e. The van der Waals surface area contributed by atoms with Crippen molar-refractivity contribution in [3.8, 4) is 0 Å². The fraction of sp³-hybridized carbons (Fsp3) is 0.700. The Morgan fingerprint density at radius 2 is 1.95 bits per heavy atom. The molecule has 20 heavy (non-hydrogen) atoms. The monoisotopic (exact) mass is 432 g/mol. The lowest BCUT2D eigenvalue weighted by atomic mass is 10.2. The first-order valence-corrected chi connectivity index (χ1v) is 9.95. The van der Waals surface area contributed by atoms with E-state index < -0.39 is 10.0 Å². The van der Waals surface area contributed by atoms with Crippen LogP contribution in [0.1, 0.15) is 32.6 Å². The molecule has 1 amide bonds. The van der Waals surface area contributed by atoms with Crippen molar-refractivity contribution in [3.05, 3.63) is 0 Å². The number of hydrogen-bond donors (Lipinski definition) is 2. The average molecular weight is 432 g/mol. The highest BCUT2D eigenvalue weighted by molar-refractivity contribution is 14.1. The molecule has 0 aliphatic heterocycles. The first kappa shape index (κ1) is 17.7. The van der Waals surface area contributed by atoms with Crippen LogP contribution in [0.2, 0.25) is 0 Å². The maximum atomic E-state index is 11.9. The first-order chi connectivity index (χ1) is 9.45. The minimum atomic E-state index is -3.63. The Morgan fingerprint density at radius 3 is 2.60 bits per heavy atom. The molecule has 1 rings (SSSR count). The molecule has 1 heterocycles. The van der Waals surface area contributed by atoms with E-state index in [2.05, 4.69) is 42.8 Å². The van der Waals surface area contributed by atoms with E-state index in [4.69, 9.17) is 0 Å². The Kier molecular flexibility index (Phi) is 7.84. The molecule has 0 spiro atoms. The summed E-state index contributed by atoms with van der Waals surface area (Å²) < 4.78 is 27.3. The van der Waals surface area contributed by atoms with Crippen LogP contribution in [0.25, 0.3) is 0 Å². The molecule has 0 unspecified atom stereocenters. The van der Waals surface area contributed by atoms with Gasteiger partial charge in [0, 0.05) is 13.5 Å². The van der Waals surface area contributed by atoms with Crippen molar-refractivity contribution in [2.45, 2.75) is 36.9 Å². The van der Waals surface area contributed by atoms with Gasteiger partial charge >= 0.3 is 0 Å². The summed E-state index contributed by atoms with van der Waals surface area (Å²) in [5.41, 5.74) is 0. The number of nitrogens with zero attached hydrogens (tertiary/aromatic N) is 2. The first-order valence-electron chi connectivity index (χ1n) is 6.12. The highest BCUT2D eigenvalue weighted by atomic mass is 127. The summed E-state index contributed by atoms with van der Waals surface area (Å²) in [6.07, 6.45) is 4.06. The van der Waals surface area contributed by atoms with Crippen molar-refractivity contribution < 1.29 is 13.2 Å². The molecule has 1 aromatic rings. The predicted molar refractivity (Wildman–Crippen MR) is 86.8 cm³/mol. The summed E-state index contributed by atoms with van der Waals surface area (Å²) in [5.74, 6) is -0.312. The fourth-order valence-corrected chi connectivity index (χ4v) is 3.96. The number of alkyl halides is 1. The van der Waals surface area contributed by atoms with E-state index in [1.807, 2.05) is 0 Å². The van der Waals surface area contributed by atoms with E-state index in [-0.39, 0.29) is 15.4 Å². The van der Waals surface area contributed by atoms with Gasteiger partial charge < -0.3 is 5.32 Å². The Hall–Kier alpha value is -0.330. The van der Waals surface area contributed by atoms with E-state index >= 15 is 0 Å². The Balaban J connectivity index is 2.43. The minimum absolute atomic E-state index is 0.131. The van der Waals surface area contributed by atoms with Crippen LogP contribution in [-0.2, 0) is 14.8 Å². The number of anilines is 1. The molecule has 2 N–H and O–H groups in total. The maximum Gasteiger partial charge on any atom is 0.269 e. The number of hydrogen-bond acceptors (Lipinski definition) is 6. The van der Waals surface area contributed by atoms with Crippen LogP contribution in [0.15, 0.2) is 4.34 Å². The molecule has 0 bridgehead atoms. The number of carbonyl (C=O) groups excluding carboxylic acids is 1. The van der Waals surface area contributed by atoms with Crippen LogP contribution >= 0.6 is 33.9 Å². The molecule has 1 aromatic heterocycles. The molecular formula is C10H17IN4O3S2. The normalized spacial score (nSPS) is 11.5. The molecule has 0 fully saturated rings. The number of carbonyl (C=O) groups is 1. The number of aromatic nitrogens is 2. The van der Waals surface area contributed by atoms with Crippen LogP contribution in [0.3, 0.4) is 0 Å². The summed E-state index contributed by atoms with van der Waals surface area (Å²) in [5, 5.41) is 9.76. The lowest BCUT2D eigenvalue weighted by molar-refractivity contribution is -0.114. The Morgan fingerprint density at radius 1 is 1.25 bits per heavy atom. The highest BCUT2D eigenvalue weighted by Crippen LogP contribution is 2.19. The summed E-state index contributed by atoms with van der Waals surface area (Å²) in [7, 11) is -3.63. The van der Waals surface area contributed by atoms with Crippen LogP contribution < -0.4 is 10.0 Å². The maximum absolute atomic E-state index is 11.9. The van der Waals surface area contributed by atoms with Gasteiger partial charge in [-0.05, 0) is 17.3 Å². The number of halogens is 1. The molecule has 0 aliphatic rings. The van der Waals surface area contributed by atoms with Gasteiger partial charge in [0.2, 0.25) is 15.4 Å². The molecule has 0 atom stereocenters. The van der Waals surface area contributed by atoms with Gasteiger partial charge in [-0.3, -0.25) is 4.79 Å². The van der Waals surface area contributed by atoms with Crippen molar-refractivity contribution in [1.29, 1.82) is 0 Å². The molecule has 0 radical (unpaired) electrons. The number of sulfonamides is 1. The van der Waals surface area contributed by atoms with Gasteiger partial charge in [0.25, 0.3) is 10.0 Å². The van der Waals surface area contributed by atoms with Crippen LogP contribution in [0, 0.1) is 0 Å². The summed E-state index contributed by atoms with van der Waals surface area (Å²) in [4.78, 5) is 10.8. The third-order valence-corrected chi connectivity index (χ3v) is 5.70. The van der Waals surface area contributed by atoms with E-state index in [0.29, 0.717) is 6.54 Å². The molecule has 0 saturated carbocycles. The fourth-order valence-electron chi connectivity index (χ4n) is 1.36. The second-order valence-corrected chi connectivity index (χ2v) is 8.05. The molecule has 0 aliphatic carbocycles. The topological polar surface area (TPSA) is 101 Å². The summed E-state index contributed by atoms with van der Waals surface area (Å²) in [6.45, 7) is 1.71. The van der Waals surface area contributed by atoms with Gasteiger partial charge in [0.05, 0.1) is 0 Å². The zero-order valence-electron chi connectivity index (χ0n) is 11.1. The van der Waals surface area contributed by atoms with Crippen molar-refractivity contribution in [3.63, 3.8) is 0 Å². The number of unbranched alkanes of at least 4 members (excludes halogenated alkanes) is 3. The van der Waals surface area contributed by atoms with E-state index in [1.54, 1.807) is 0 Å². The van der Waals surface area contributed by atoms with Crippen molar-refractivity contribution in [2.75, 3.05) is 16.3 Å². The predicted octanol–water partition coefficient (Wildman–Crippen LogP) is 1.77. The second-order valence-electron chi connectivity index (χ2n) is 4.06. The largest absolute Gasteiger partial charge is 0.301 e. The summed E-state index contributed by atoms with van der Waals surface area (Å²) >= 11 is 3.16. The zero-order chi connectivity index (χ0) is 15.0. The minimum Gasteiger partial charge on any atom is -0.301 e. The molecule has 0 saturated heterocycles.